The second-order valence-electron chi connectivity index (χ2n) is 4.72. The van der Waals surface area contributed by atoms with Gasteiger partial charge in [-0.1, -0.05) is 24.8 Å². The summed E-state index contributed by atoms with van der Waals surface area (Å²) in [7, 11) is 0. The van der Waals surface area contributed by atoms with Crippen LogP contribution in [-0.2, 0) is 4.79 Å². The second-order valence-corrected chi connectivity index (χ2v) is 4.72. The molecule has 0 saturated heterocycles. The highest BCUT2D eigenvalue weighted by Gasteiger charge is 2.10. The molecule has 1 amide bonds. The molecule has 0 radical (unpaired) electrons. The summed E-state index contributed by atoms with van der Waals surface area (Å²) in [6.45, 7) is 3.42. The molecule has 0 saturated carbocycles. The van der Waals surface area contributed by atoms with Crippen molar-refractivity contribution in [3.8, 4) is 17.3 Å². The Bertz CT molecular complexity index is 918. The third-order valence-electron chi connectivity index (χ3n) is 3.26. The maximum absolute atomic E-state index is 11.5. The first-order chi connectivity index (χ1) is 10.7. The number of para-hydroxylation sites is 1. The minimum Gasteiger partial charge on any atom is -0.322 e. The number of carbonyl (C=O) groups is 1. The lowest BCUT2D eigenvalue weighted by Crippen LogP contribution is -2.07. The van der Waals surface area contributed by atoms with Gasteiger partial charge in [0, 0.05) is 16.6 Å². The lowest BCUT2D eigenvalue weighted by Gasteiger charge is -2.06. The molecule has 3 aromatic rings. The van der Waals surface area contributed by atoms with E-state index in [4.69, 9.17) is 0 Å². The summed E-state index contributed by atoms with van der Waals surface area (Å²) in [4.78, 5) is 11.5. The van der Waals surface area contributed by atoms with Gasteiger partial charge in [0.2, 0.25) is 5.91 Å². The molecular weight excluding hydrogens is 276 g/mol. The van der Waals surface area contributed by atoms with Crippen LogP contribution in [0.3, 0.4) is 0 Å². The van der Waals surface area contributed by atoms with Crippen LogP contribution in [0.15, 0.2) is 55.1 Å². The number of anilines is 1. The molecule has 1 aromatic heterocycles. The van der Waals surface area contributed by atoms with Crippen molar-refractivity contribution in [3.05, 3.63) is 60.7 Å². The standard InChI is InChI=1S/C17H12N4O/c1-2-16(22)19-13-8-11(10-18)7-12(9-13)17-14-5-3-4-6-15(14)20-21-17/h2-9H,1H2,(H,19,22)(H,20,21). The number of fused-ring (bicyclic) bond motifs is 1. The van der Waals surface area contributed by atoms with Gasteiger partial charge < -0.3 is 5.32 Å². The van der Waals surface area contributed by atoms with E-state index in [2.05, 4.69) is 28.2 Å². The van der Waals surface area contributed by atoms with Gasteiger partial charge in [0.05, 0.1) is 17.1 Å². The van der Waals surface area contributed by atoms with Gasteiger partial charge in [-0.05, 0) is 30.3 Å². The number of nitriles is 1. The lowest BCUT2D eigenvalue weighted by molar-refractivity contribution is -0.111. The Labute approximate surface area is 126 Å². The fraction of sp³-hybridized carbons (Fsp3) is 0. The van der Waals surface area contributed by atoms with Gasteiger partial charge in [-0.2, -0.15) is 10.4 Å². The Morgan fingerprint density at radius 3 is 2.91 bits per heavy atom. The van der Waals surface area contributed by atoms with Crippen molar-refractivity contribution < 1.29 is 4.79 Å². The Morgan fingerprint density at radius 1 is 1.32 bits per heavy atom. The average Bonchev–Trinajstić information content (AvgIpc) is 2.98. The molecule has 0 aliphatic carbocycles. The molecule has 0 aliphatic heterocycles. The van der Waals surface area contributed by atoms with E-state index < -0.39 is 0 Å². The Kier molecular flexibility index (Phi) is 3.42. The zero-order valence-corrected chi connectivity index (χ0v) is 11.6. The lowest BCUT2D eigenvalue weighted by atomic mass is 10.0. The zero-order valence-electron chi connectivity index (χ0n) is 11.6. The van der Waals surface area contributed by atoms with E-state index in [9.17, 15) is 10.1 Å². The predicted octanol–water partition coefficient (Wildman–Crippen LogP) is 3.23. The van der Waals surface area contributed by atoms with Gasteiger partial charge in [-0.15, -0.1) is 0 Å². The van der Waals surface area contributed by atoms with Crippen LogP contribution in [0, 0.1) is 11.3 Å². The summed E-state index contributed by atoms with van der Waals surface area (Å²) >= 11 is 0. The summed E-state index contributed by atoms with van der Waals surface area (Å²) in [6, 6.07) is 15.0. The molecule has 0 aliphatic rings. The van der Waals surface area contributed by atoms with Crippen molar-refractivity contribution in [1.29, 1.82) is 5.26 Å². The number of nitrogens with zero attached hydrogens (tertiary/aromatic N) is 2. The Hall–Kier alpha value is -3.39. The van der Waals surface area contributed by atoms with Crippen molar-refractivity contribution in [2.24, 2.45) is 0 Å². The van der Waals surface area contributed by atoms with Crippen LogP contribution in [0.5, 0.6) is 0 Å². The number of hydrogen-bond donors (Lipinski definition) is 2. The highest BCUT2D eigenvalue weighted by atomic mass is 16.1. The zero-order chi connectivity index (χ0) is 15.5. The number of carbonyl (C=O) groups excluding carboxylic acids is 1. The van der Waals surface area contributed by atoms with E-state index in [0.717, 1.165) is 22.2 Å². The number of nitrogens with one attached hydrogen (secondary N) is 2. The molecule has 2 aromatic carbocycles. The predicted molar refractivity (Wildman–Crippen MR) is 85.1 cm³/mol. The van der Waals surface area contributed by atoms with Crippen LogP contribution < -0.4 is 5.32 Å². The van der Waals surface area contributed by atoms with Crippen molar-refractivity contribution in [2.75, 3.05) is 5.32 Å². The second kappa shape index (κ2) is 5.54. The fourth-order valence-corrected chi connectivity index (χ4v) is 2.28. The number of benzene rings is 2. The SMILES string of the molecule is C=CC(=O)Nc1cc(C#N)cc(-c2n[nH]c3ccccc23)c1. The normalized spacial score (nSPS) is 10.1. The van der Waals surface area contributed by atoms with Gasteiger partial charge in [0.15, 0.2) is 0 Å². The average molecular weight is 288 g/mol. The van der Waals surface area contributed by atoms with E-state index in [-0.39, 0.29) is 5.91 Å². The number of aromatic amines is 1. The first-order valence-corrected chi connectivity index (χ1v) is 6.63. The molecule has 106 valence electrons. The number of H-pyrrole nitrogens is 1. The van der Waals surface area contributed by atoms with Gasteiger partial charge in [-0.25, -0.2) is 0 Å². The maximum atomic E-state index is 11.5. The quantitative estimate of drug-likeness (QED) is 0.726. The van der Waals surface area contributed by atoms with Crippen molar-refractivity contribution in [2.45, 2.75) is 0 Å². The molecule has 5 heteroatoms. The van der Waals surface area contributed by atoms with Crippen molar-refractivity contribution in [3.63, 3.8) is 0 Å². The maximum Gasteiger partial charge on any atom is 0.247 e. The number of rotatable bonds is 3. The van der Waals surface area contributed by atoms with Crippen LogP contribution in [0.2, 0.25) is 0 Å². The Morgan fingerprint density at radius 2 is 2.14 bits per heavy atom. The largest absolute Gasteiger partial charge is 0.322 e. The molecule has 0 bridgehead atoms. The number of aromatic nitrogens is 2. The molecule has 0 unspecified atom stereocenters. The number of amides is 1. The third kappa shape index (κ3) is 2.45. The Balaban J connectivity index is 2.14. The van der Waals surface area contributed by atoms with Crippen LogP contribution in [0.4, 0.5) is 5.69 Å². The molecule has 5 nitrogen and oxygen atoms in total. The first kappa shape index (κ1) is 13.6. The van der Waals surface area contributed by atoms with Gasteiger partial charge in [0.1, 0.15) is 5.69 Å². The topological polar surface area (TPSA) is 81.6 Å². The molecule has 22 heavy (non-hydrogen) atoms. The summed E-state index contributed by atoms with van der Waals surface area (Å²) in [6.07, 6.45) is 1.18. The van der Waals surface area contributed by atoms with Crippen molar-refractivity contribution >= 4 is 22.5 Å². The molecule has 1 heterocycles. The van der Waals surface area contributed by atoms with Crippen LogP contribution >= 0.6 is 0 Å². The van der Waals surface area contributed by atoms with Crippen LogP contribution in [0.1, 0.15) is 5.56 Å². The third-order valence-corrected chi connectivity index (χ3v) is 3.26. The molecular formula is C17H12N4O. The monoisotopic (exact) mass is 288 g/mol. The van der Waals surface area contributed by atoms with Crippen LogP contribution in [-0.4, -0.2) is 16.1 Å². The van der Waals surface area contributed by atoms with E-state index in [1.807, 2.05) is 24.3 Å². The van der Waals surface area contributed by atoms with Gasteiger partial charge >= 0.3 is 0 Å². The van der Waals surface area contributed by atoms with E-state index >= 15 is 0 Å². The first-order valence-electron chi connectivity index (χ1n) is 6.63. The summed E-state index contributed by atoms with van der Waals surface area (Å²) in [5.41, 5.74) is 3.39. The molecule has 2 N–H and O–H groups in total. The molecule has 0 spiro atoms. The van der Waals surface area contributed by atoms with Gasteiger partial charge in [0.25, 0.3) is 0 Å². The van der Waals surface area contributed by atoms with Crippen LogP contribution in [0.25, 0.3) is 22.2 Å². The van der Waals surface area contributed by atoms with E-state index in [1.54, 1.807) is 18.2 Å². The molecule has 3 rings (SSSR count). The minimum absolute atomic E-state index is 0.326. The van der Waals surface area contributed by atoms with Crippen molar-refractivity contribution in [1.82, 2.24) is 10.2 Å². The minimum atomic E-state index is -0.326. The number of hydrogen-bond acceptors (Lipinski definition) is 3. The van der Waals surface area contributed by atoms with E-state index in [0.29, 0.717) is 11.3 Å². The summed E-state index contributed by atoms with van der Waals surface area (Å²) < 4.78 is 0. The summed E-state index contributed by atoms with van der Waals surface area (Å²) in [5.74, 6) is -0.326. The van der Waals surface area contributed by atoms with E-state index in [1.165, 1.54) is 6.08 Å². The highest BCUT2D eigenvalue weighted by molar-refractivity contribution is 6.00. The fourth-order valence-electron chi connectivity index (χ4n) is 2.28. The smallest absolute Gasteiger partial charge is 0.247 e. The highest BCUT2D eigenvalue weighted by Crippen LogP contribution is 2.29. The van der Waals surface area contributed by atoms with Gasteiger partial charge in [-0.3, -0.25) is 9.89 Å². The molecule has 0 fully saturated rings. The summed E-state index contributed by atoms with van der Waals surface area (Å²) in [5, 5.41) is 20.1. The molecule has 0 atom stereocenters.